The quantitative estimate of drug-likeness (QED) is 0.195. The third-order valence-electron chi connectivity index (χ3n) is 8.87. The third-order valence-corrected chi connectivity index (χ3v) is 8.87. The van der Waals surface area contributed by atoms with Crippen LogP contribution in [0.1, 0.15) is 101 Å². The first kappa shape index (κ1) is 42.3. The topological polar surface area (TPSA) is 0 Å². The summed E-state index contributed by atoms with van der Waals surface area (Å²) in [6.07, 6.45) is 15.5. The molecule has 0 nitrogen and oxygen atoms in total. The molecule has 0 aliphatic heterocycles. The number of hydrogen-bond acceptors (Lipinski definition) is 0. The van der Waals surface area contributed by atoms with Crippen LogP contribution in [0.3, 0.4) is 0 Å². The van der Waals surface area contributed by atoms with Crippen LogP contribution < -0.4 is 24.8 Å². The van der Waals surface area contributed by atoms with Gasteiger partial charge < -0.3 is 24.8 Å². The number of rotatable bonds is 4. The summed E-state index contributed by atoms with van der Waals surface area (Å²) in [5, 5.41) is 0. The van der Waals surface area contributed by atoms with E-state index in [0.29, 0.717) is 0 Å². The minimum absolute atomic E-state index is 0. The Morgan fingerprint density at radius 1 is 0.540 bits per heavy atom. The average molecular weight is 852 g/mol. The molecule has 0 spiro atoms. The van der Waals surface area contributed by atoms with Gasteiger partial charge in [-0.3, -0.25) is 0 Å². The summed E-state index contributed by atoms with van der Waals surface area (Å²) in [6, 6.07) is 33.8. The van der Waals surface area contributed by atoms with E-state index in [4.69, 9.17) is 0 Å². The molecule has 0 heterocycles. The maximum atomic E-state index is 3.68. The average Bonchev–Trinajstić information content (AvgIpc) is 3.87. The second kappa shape index (κ2) is 20.2. The van der Waals surface area contributed by atoms with Crippen LogP contribution >= 0.6 is 0 Å². The van der Waals surface area contributed by atoms with E-state index in [1.807, 2.05) is 0 Å². The fourth-order valence-electron chi connectivity index (χ4n) is 6.80. The minimum Gasteiger partial charge on any atom is -1.00 e. The summed E-state index contributed by atoms with van der Waals surface area (Å²) < 4.78 is 3.01. The van der Waals surface area contributed by atoms with Gasteiger partial charge in [0.1, 0.15) is 0 Å². The molecule has 0 fully saturated rings. The molecule has 0 radical (unpaired) electrons. The Labute approximate surface area is 343 Å². The van der Waals surface area contributed by atoms with Gasteiger partial charge in [0.25, 0.3) is 0 Å². The van der Waals surface area contributed by atoms with Crippen molar-refractivity contribution in [2.24, 2.45) is 0 Å². The van der Waals surface area contributed by atoms with Gasteiger partial charge in [-0.25, -0.2) is 0 Å². The van der Waals surface area contributed by atoms with Crippen molar-refractivity contribution in [1.82, 2.24) is 0 Å². The summed E-state index contributed by atoms with van der Waals surface area (Å²) in [5.41, 5.74) is 19.6. The predicted molar refractivity (Wildman–Crippen MR) is 202 cm³/mol. The number of hydrogen-bond donors (Lipinski definition) is 0. The summed E-state index contributed by atoms with van der Waals surface area (Å²) in [7, 11) is 0. The number of allylic oxidation sites excluding steroid dienone is 8. The van der Waals surface area contributed by atoms with E-state index in [1.165, 1.54) is 84.3 Å². The molecule has 4 aliphatic carbocycles. The Balaban J connectivity index is 0.000000216. The molecular weight excluding hydrogens is 806 g/mol. The summed E-state index contributed by atoms with van der Waals surface area (Å²) in [4.78, 5) is 0. The molecule has 256 valence electrons. The first-order valence-electron chi connectivity index (χ1n) is 17.3. The van der Waals surface area contributed by atoms with Crippen LogP contribution in [0.25, 0.3) is 33.4 Å². The zero-order valence-corrected chi connectivity index (χ0v) is 36.7. The van der Waals surface area contributed by atoms with Crippen molar-refractivity contribution in [1.29, 1.82) is 0 Å². The molecule has 0 saturated carbocycles. The van der Waals surface area contributed by atoms with Crippen molar-refractivity contribution in [2.75, 3.05) is 0 Å². The summed E-state index contributed by atoms with van der Waals surface area (Å²) in [5.74, 6) is 0. The van der Waals surface area contributed by atoms with Gasteiger partial charge in [0.05, 0.1) is 0 Å². The fourth-order valence-corrected chi connectivity index (χ4v) is 6.80. The molecule has 0 unspecified atom stereocenters. The van der Waals surface area contributed by atoms with Crippen LogP contribution in [-0.2, 0) is 61.3 Å². The third kappa shape index (κ3) is 10.5. The smallest absolute Gasteiger partial charge is 1.00 e. The fraction of sp³-hybridized carbons (Fsp3) is 0.261. The van der Waals surface area contributed by atoms with Crippen molar-refractivity contribution in [2.45, 2.75) is 80.1 Å². The molecule has 0 atom stereocenters. The zero-order chi connectivity index (χ0) is 34.2. The van der Waals surface area contributed by atoms with Gasteiger partial charge in [0.15, 0.2) is 0 Å². The Bertz CT molecular complexity index is 1820. The zero-order valence-electron chi connectivity index (χ0n) is 30.2. The van der Waals surface area contributed by atoms with Crippen molar-refractivity contribution in [3.05, 3.63) is 154 Å². The number of halogens is 2. The molecule has 4 heteroatoms. The van der Waals surface area contributed by atoms with Crippen molar-refractivity contribution in [3.63, 3.8) is 0 Å². The van der Waals surface area contributed by atoms with Crippen LogP contribution in [0.5, 0.6) is 0 Å². The summed E-state index contributed by atoms with van der Waals surface area (Å²) in [6.45, 7) is 13.0. The van der Waals surface area contributed by atoms with E-state index in [-0.39, 0.29) is 24.8 Å². The Hall–Kier alpha value is -2.07. The van der Waals surface area contributed by atoms with E-state index in [0.717, 1.165) is 38.5 Å². The van der Waals surface area contributed by atoms with Gasteiger partial charge in [-0.05, 0) is 49.7 Å². The molecule has 0 N–H and O–H groups in total. The van der Waals surface area contributed by atoms with Gasteiger partial charge >= 0.3 is 82.6 Å². The molecular formula is C46H46Cl2Zr2-4. The normalized spacial score (nSPS) is 13.5. The molecule has 4 aliphatic rings. The van der Waals surface area contributed by atoms with Crippen molar-refractivity contribution >= 4 is 17.6 Å². The standard InChI is InChI=1S/2C20H17.2C3H6.2ClH.2Zr/c2*1-2-14-7-5-9-18(14)16-10-11-20-17(13-16)12-15-6-3-4-8-19(15)20;2*1-3-2;;;;/h2*3-8,10-11H,2,9,12H2,1H3;2*1-2H3;2*1H;;/q2*-1;;;;;;/p-2. The van der Waals surface area contributed by atoms with E-state index in [9.17, 15) is 0 Å². The molecule has 0 saturated heterocycles. The van der Waals surface area contributed by atoms with E-state index >= 15 is 0 Å². The Morgan fingerprint density at radius 2 is 0.900 bits per heavy atom. The number of benzene rings is 4. The van der Waals surface area contributed by atoms with Crippen LogP contribution in [0.2, 0.25) is 0 Å². The van der Waals surface area contributed by atoms with Gasteiger partial charge in [-0.1, -0.05) is 120 Å². The van der Waals surface area contributed by atoms with Crippen molar-refractivity contribution < 1.29 is 73.3 Å². The predicted octanol–water partition coefficient (Wildman–Crippen LogP) is 5.86. The van der Waals surface area contributed by atoms with Gasteiger partial charge in [-0.15, -0.1) is 69.8 Å². The second-order valence-electron chi connectivity index (χ2n) is 13.1. The first-order chi connectivity index (χ1) is 23.2. The maximum absolute atomic E-state index is 3.68. The minimum atomic E-state index is 0. The molecule has 4 aromatic carbocycles. The van der Waals surface area contributed by atoms with E-state index in [1.54, 1.807) is 48.5 Å². The molecule has 50 heavy (non-hydrogen) atoms. The number of fused-ring (bicyclic) bond motifs is 6. The van der Waals surface area contributed by atoms with Gasteiger partial charge in [-0.2, -0.15) is 0 Å². The van der Waals surface area contributed by atoms with Crippen LogP contribution in [-0.4, -0.2) is 6.41 Å². The molecule has 4 aromatic rings. The van der Waals surface area contributed by atoms with E-state index < -0.39 is 0 Å². The molecule has 0 aromatic heterocycles. The molecule has 0 amide bonds. The Kier molecular flexibility index (Phi) is 17.1. The Morgan fingerprint density at radius 3 is 1.26 bits per heavy atom. The monoisotopic (exact) mass is 848 g/mol. The summed E-state index contributed by atoms with van der Waals surface area (Å²) >= 11 is 3.11. The van der Waals surface area contributed by atoms with Gasteiger partial charge in [0, 0.05) is 0 Å². The maximum Gasteiger partial charge on any atom is -1.00 e. The largest absolute Gasteiger partial charge is 1.00 e. The van der Waals surface area contributed by atoms with Gasteiger partial charge in [0.2, 0.25) is 0 Å². The van der Waals surface area contributed by atoms with Crippen LogP contribution in [0.15, 0.2) is 108 Å². The molecule has 0 bridgehead atoms. The van der Waals surface area contributed by atoms with Crippen LogP contribution in [0, 0.1) is 12.1 Å². The second-order valence-corrected chi connectivity index (χ2v) is 18.0. The first-order valence-corrected chi connectivity index (χ1v) is 19.7. The van der Waals surface area contributed by atoms with Crippen LogP contribution in [0.4, 0.5) is 0 Å². The van der Waals surface area contributed by atoms with Crippen molar-refractivity contribution in [3.8, 4) is 22.3 Å². The van der Waals surface area contributed by atoms with E-state index in [2.05, 4.69) is 151 Å². The SMILES string of the molecule is CCC1=C(c2[c-]c3c(cc2)-c2ccccc2C3)CC=C1.CCC1=C(c2[c-]c3c(cc2)-c2ccccc2C3)CC=C1.C[C](C)=[Zr].C[C](C)=[Zr].[Cl-].[Cl-]. The molecule has 8 rings (SSSR count).